The number of hydrogen-bond acceptors (Lipinski definition) is 3. The number of piperidine rings is 1. The van der Waals surface area contributed by atoms with Gasteiger partial charge in [0.1, 0.15) is 11.6 Å². The minimum absolute atomic E-state index is 0.328. The standard InChI is InChI=1S/C24H24F2N2O2/c1-4-24(18-5-9-20(25)10-6-18,19-7-11-21(26)12-8-19)28-15-13-23(14-16-28)17(2)27(3)22(29)30-23/h4-12H,1-2,13-16H2,3H3. The van der Waals surface area contributed by atoms with E-state index in [2.05, 4.69) is 18.1 Å². The Kier molecular flexibility index (Phi) is 4.98. The van der Waals surface area contributed by atoms with E-state index in [0.717, 1.165) is 11.1 Å². The summed E-state index contributed by atoms with van der Waals surface area (Å²) in [5.74, 6) is -0.656. The largest absolute Gasteiger partial charge is 0.436 e. The van der Waals surface area contributed by atoms with Crippen LogP contribution in [0.2, 0.25) is 0 Å². The van der Waals surface area contributed by atoms with E-state index in [1.165, 1.54) is 29.2 Å². The molecule has 0 unspecified atom stereocenters. The maximum Gasteiger partial charge on any atom is 0.414 e. The fourth-order valence-corrected chi connectivity index (χ4v) is 4.63. The van der Waals surface area contributed by atoms with Gasteiger partial charge in [0.25, 0.3) is 0 Å². The summed E-state index contributed by atoms with van der Waals surface area (Å²) in [7, 11) is 1.66. The molecule has 2 aliphatic rings. The number of carbonyl (C=O) groups is 1. The second-order valence-electron chi connectivity index (χ2n) is 7.84. The van der Waals surface area contributed by atoms with Crippen molar-refractivity contribution in [2.75, 3.05) is 20.1 Å². The molecule has 4 nitrogen and oxygen atoms in total. The Morgan fingerprint density at radius 3 is 1.83 bits per heavy atom. The van der Waals surface area contributed by atoms with E-state index in [0.29, 0.717) is 31.6 Å². The summed E-state index contributed by atoms with van der Waals surface area (Å²) >= 11 is 0. The minimum atomic E-state index is -0.779. The van der Waals surface area contributed by atoms with Crippen molar-refractivity contribution >= 4 is 6.09 Å². The van der Waals surface area contributed by atoms with Gasteiger partial charge in [-0.1, -0.05) is 36.9 Å². The van der Waals surface area contributed by atoms with E-state index in [1.54, 1.807) is 31.3 Å². The Morgan fingerprint density at radius 1 is 1.00 bits per heavy atom. The molecule has 0 aliphatic carbocycles. The molecule has 0 N–H and O–H groups in total. The van der Waals surface area contributed by atoms with Crippen LogP contribution < -0.4 is 0 Å². The lowest BCUT2D eigenvalue weighted by Gasteiger charge is -2.48. The van der Waals surface area contributed by atoms with Gasteiger partial charge < -0.3 is 4.74 Å². The predicted octanol–water partition coefficient (Wildman–Crippen LogP) is 4.82. The predicted molar refractivity (Wildman–Crippen MR) is 111 cm³/mol. The molecule has 2 aliphatic heterocycles. The molecular weight excluding hydrogens is 386 g/mol. The number of carbonyl (C=O) groups excluding carboxylic acids is 1. The Bertz CT molecular complexity index is 932. The molecule has 1 amide bonds. The van der Waals surface area contributed by atoms with Crippen LogP contribution in [-0.4, -0.2) is 41.6 Å². The van der Waals surface area contributed by atoms with Gasteiger partial charge in [-0.25, -0.2) is 13.6 Å². The van der Waals surface area contributed by atoms with Crippen molar-refractivity contribution in [3.63, 3.8) is 0 Å². The SMILES string of the molecule is C=CC(c1ccc(F)cc1)(c1ccc(F)cc1)N1CCC2(CC1)OC(=O)N(C)C2=C. The number of rotatable bonds is 4. The summed E-state index contributed by atoms with van der Waals surface area (Å²) in [5, 5.41) is 0. The van der Waals surface area contributed by atoms with Gasteiger partial charge in [-0.2, -0.15) is 0 Å². The monoisotopic (exact) mass is 410 g/mol. The van der Waals surface area contributed by atoms with Crippen molar-refractivity contribution < 1.29 is 18.3 Å². The van der Waals surface area contributed by atoms with Crippen molar-refractivity contribution in [3.05, 3.63) is 96.2 Å². The van der Waals surface area contributed by atoms with E-state index in [1.807, 2.05) is 6.08 Å². The number of nitrogens with zero attached hydrogens (tertiary/aromatic N) is 2. The first-order valence-corrected chi connectivity index (χ1v) is 9.89. The third-order valence-electron chi connectivity index (χ3n) is 6.42. The molecule has 0 saturated carbocycles. The average molecular weight is 410 g/mol. The zero-order chi connectivity index (χ0) is 21.5. The van der Waals surface area contributed by atoms with E-state index < -0.39 is 11.1 Å². The third-order valence-corrected chi connectivity index (χ3v) is 6.42. The Morgan fingerprint density at radius 2 is 1.47 bits per heavy atom. The lowest BCUT2D eigenvalue weighted by molar-refractivity contribution is -0.00443. The molecule has 6 heteroatoms. The van der Waals surface area contributed by atoms with Crippen LogP contribution in [0.25, 0.3) is 0 Å². The van der Waals surface area contributed by atoms with E-state index in [-0.39, 0.29) is 17.7 Å². The molecular formula is C24H24F2N2O2. The summed E-state index contributed by atoms with van der Waals surface area (Å²) < 4.78 is 33.0. The van der Waals surface area contributed by atoms with Gasteiger partial charge >= 0.3 is 6.09 Å². The molecule has 2 aromatic carbocycles. The summed E-state index contributed by atoms with van der Waals surface area (Å²) in [4.78, 5) is 15.7. The molecule has 0 bridgehead atoms. The zero-order valence-corrected chi connectivity index (χ0v) is 16.9. The molecule has 4 rings (SSSR count). The molecule has 0 radical (unpaired) electrons. The van der Waals surface area contributed by atoms with Gasteiger partial charge in [0.2, 0.25) is 0 Å². The molecule has 2 aromatic rings. The normalized spacial score (nSPS) is 19.2. The number of ether oxygens (including phenoxy) is 1. The van der Waals surface area contributed by atoms with Gasteiger partial charge in [0.15, 0.2) is 5.60 Å². The molecule has 156 valence electrons. The quantitative estimate of drug-likeness (QED) is 0.678. The Labute approximate surface area is 175 Å². The topological polar surface area (TPSA) is 32.8 Å². The lowest BCUT2D eigenvalue weighted by Crippen LogP contribution is -2.54. The number of halogens is 2. The third kappa shape index (κ3) is 3.03. The minimum Gasteiger partial charge on any atom is -0.436 e. The average Bonchev–Trinajstić information content (AvgIpc) is 2.96. The molecule has 1 spiro atoms. The fourth-order valence-electron chi connectivity index (χ4n) is 4.63. The Hall–Kier alpha value is -2.99. The number of likely N-dealkylation sites (N-methyl/N-ethyl adjacent to an activating group) is 1. The van der Waals surface area contributed by atoms with Gasteiger partial charge in [-0.05, 0) is 35.4 Å². The van der Waals surface area contributed by atoms with Crippen LogP contribution in [0.1, 0.15) is 24.0 Å². The van der Waals surface area contributed by atoms with E-state index in [9.17, 15) is 13.6 Å². The molecule has 2 saturated heterocycles. The first-order valence-electron chi connectivity index (χ1n) is 9.89. The van der Waals surface area contributed by atoms with Crippen LogP contribution in [0.3, 0.4) is 0 Å². The highest BCUT2D eigenvalue weighted by Gasteiger charge is 2.51. The fraction of sp³-hybridized carbons (Fsp3) is 0.292. The number of benzene rings is 2. The Balaban J connectivity index is 1.73. The second-order valence-corrected chi connectivity index (χ2v) is 7.84. The van der Waals surface area contributed by atoms with Gasteiger partial charge in [-0.15, -0.1) is 6.58 Å². The smallest absolute Gasteiger partial charge is 0.414 e. The molecule has 0 atom stereocenters. The number of amides is 1. The van der Waals surface area contributed by atoms with E-state index in [4.69, 9.17) is 4.74 Å². The van der Waals surface area contributed by atoms with Crippen LogP contribution in [-0.2, 0) is 10.3 Å². The maximum absolute atomic E-state index is 13.6. The molecule has 2 fully saturated rings. The van der Waals surface area contributed by atoms with Crippen molar-refractivity contribution in [2.45, 2.75) is 24.0 Å². The maximum atomic E-state index is 13.6. The molecule has 0 aromatic heterocycles. The van der Waals surface area contributed by atoms with Crippen LogP contribution in [0, 0.1) is 11.6 Å². The highest BCUT2D eigenvalue weighted by molar-refractivity contribution is 5.74. The van der Waals surface area contributed by atoms with Crippen molar-refractivity contribution in [3.8, 4) is 0 Å². The summed E-state index contributed by atoms with van der Waals surface area (Å²) in [6.07, 6.45) is 2.56. The number of hydrogen-bond donors (Lipinski definition) is 0. The van der Waals surface area contributed by atoms with Crippen molar-refractivity contribution in [1.29, 1.82) is 0 Å². The van der Waals surface area contributed by atoms with Gasteiger partial charge in [0, 0.05) is 33.0 Å². The molecule has 30 heavy (non-hydrogen) atoms. The summed E-state index contributed by atoms with van der Waals surface area (Å²) in [5.41, 5.74) is 0.848. The summed E-state index contributed by atoms with van der Waals surface area (Å²) in [6.45, 7) is 9.33. The first-order chi connectivity index (χ1) is 14.3. The van der Waals surface area contributed by atoms with Crippen LogP contribution >= 0.6 is 0 Å². The van der Waals surface area contributed by atoms with Crippen LogP contribution in [0.15, 0.2) is 73.5 Å². The van der Waals surface area contributed by atoms with E-state index >= 15 is 0 Å². The van der Waals surface area contributed by atoms with Crippen LogP contribution in [0.4, 0.5) is 13.6 Å². The first kappa shape index (κ1) is 20.3. The highest BCUT2D eigenvalue weighted by Crippen LogP contribution is 2.45. The zero-order valence-electron chi connectivity index (χ0n) is 16.9. The molecule has 2 heterocycles. The second kappa shape index (κ2) is 7.36. The van der Waals surface area contributed by atoms with Gasteiger partial charge in [-0.3, -0.25) is 9.80 Å². The summed E-state index contributed by atoms with van der Waals surface area (Å²) in [6, 6.07) is 12.6. The van der Waals surface area contributed by atoms with Crippen molar-refractivity contribution in [1.82, 2.24) is 9.80 Å². The lowest BCUT2D eigenvalue weighted by atomic mass is 9.78. The van der Waals surface area contributed by atoms with Crippen LogP contribution in [0.5, 0.6) is 0 Å². The van der Waals surface area contributed by atoms with Crippen molar-refractivity contribution in [2.24, 2.45) is 0 Å². The van der Waals surface area contributed by atoms with Gasteiger partial charge in [0.05, 0.1) is 11.2 Å². The number of likely N-dealkylation sites (tertiary alicyclic amines) is 1. The highest BCUT2D eigenvalue weighted by atomic mass is 19.1.